The van der Waals surface area contributed by atoms with Gasteiger partial charge in [0.2, 0.25) is 0 Å². The highest BCUT2D eigenvalue weighted by Crippen LogP contribution is 2.36. The number of aryl methyl sites for hydroxylation is 1. The summed E-state index contributed by atoms with van der Waals surface area (Å²) in [5, 5.41) is 28.9. The molecule has 7 heteroatoms. The number of aliphatic hydroxyl groups is 2. The second-order valence-corrected chi connectivity index (χ2v) is 7.31. The fourth-order valence-corrected chi connectivity index (χ4v) is 3.03. The summed E-state index contributed by atoms with van der Waals surface area (Å²) >= 11 is 6.26. The largest absolute Gasteiger partial charge is 0.391 e. The van der Waals surface area contributed by atoms with Gasteiger partial charge in [-0.2, -0.15) is 5.10 Å². The van der Waals surface area contributed by atoms with E-state index in [-0.39, 0.29) is 6.61 Å². The van der Waals surface area contributed by atoms with Gasteiger partial charge in [0.25, 0.3) is 0 Å². The van der Waals surface area contributed by atoms with E-state index < -0.39 is 5.60 Å². The lowest BCUT2D eigenvalue weighted by Gasteiger charge is -2.17. The van der Waals surface area contributed by atoms with Crippen LogP contribution in [0, 0.1) is 6.92 Å². The first-order valence-electron chi connectivity index (χ1n) is 8.41. The fraction of sp³-hybridized carbons (Fsp3) is 0.368. The second kappa shape index (κ2) is 7.23. The molecule has 3 rings (SSSR count). The van der Waals surface area contributed by atoms with E-state index in [2.05, 4.69) is 10.3 Å². The van der Waals surface area contributed by atoms with Gasteiger partial charge in [-0.05, 0) is 33.3 Å². The second-order valence-electron chi connectivity index (χ2n) is 6.91. The molecule has 0 amide bonds. The molecule has 0 aliphatic carbocycles. The summed E-state index contributed by atoms with van der Waals surface area (Å²) in [5.74, 6) is 0.481. The lowest BCUT2D eigenvalue weighted by Crippen LogP contribution is -2.21. The maximum absolute atomic E-state index is 9.92. The van der Waals surface area contributed by atoms with Gasteiger partial charge in [0.1, 0.15) is 5.69 Å². The van der Waals surface area contributed by atoms with Gasteiger partial charge in [0.15, 0.2) is 5.76 Å². The van der Waals surface area contributed by atoms with Crippen LogP contribution in [0.4, 0.5) is 0 Å². The first-order chi connectivity index (χ1) is 12.3. The zero-order chi connectivity index (χ0) is 18.9. The summed E-state index contributed by atoms with van der Waals surface area (Å²) in [4.78, 5) is 0. The van der Waals surface area contributed by atoms with E-state index in [1.807, 2.05) is 29.8 Å². The van der Waals surface area contributed by atoms with Gasteiger partial charge in [-0.15, -0.1) is 0 Å². The third-order valence-electron chi connectivity index (χ3n) is 4.36. The summed E-state index contributed by atoms with van der Waals surface area (Å²) in [6, 6.07) is 7.30. The number of aliphatic hydroxyl groups excluding tert-OH is 1. The lowest BCUT2D eigenvalue weighted by atomic mass is 10.0. The number of nitrogens with zero attached hydrogens (tertiary/aromatic N) is 3. The molecule has 0 atom stereocenters. The van der Waals surface area contributed by atoms with Crippen molar-refractivity contribution in [3.63, 3.8) is 0 Å². The molecule has 0 unspecified atom stereocenters. The zero-order valence-electron chi connectivity index (χ0n) is 15.0. The van der Waals surface area contributed by atoms with Crippen molar-refractivity contribution in [3.05, 3.63) is 46.7 Å². The summed E-state index contributed by atoms with van der Waals surface area (Å²) in [5.41, 5.74) is 2.68. The number of rotatable bonds is 6. The van der Waals surface area contributed by atoms with Gasteiger partial charge in [-0.25, -0.2) is 0 Å². The van der Waals surface area contributed by atoms with Gasteiger partial charge in [-0.1, -0.05) is 35.0 Å². The number of halogens is 1. The Balaban J connectivity index is 1.99. The normalized spacial score (nSPS) is 11.9. The molecule has 26 heavy (non-hydrogen) atoms. The molecule has 1 aromatic carbocycles. The van der Waals surface area contributed by atoms with Crippen LogP contribution in [0.3, 0.4) is 0 Å². The smallest absolute Gasteiger partial charge is 0.176 e. The predicted molar refractivity (Wildman–Crippen MR) is 99.7 cm³/mol. The van der Waals surface area contributed by atoms with E-state index in [0.29, 0.717) is 40.6 Å². The van der Waals surface area contributed by atoms with E-state index >= 15 is 0 Å². The van der Waals surface area contributed by atoms with Crippen LogP contribution in [0.5, 0.6) is 0 Å². The molecule has 0 bridgehead atoms. The van der Waals surface area contributed by atoms with Crippen LogP contribution in [0.1, 0.15) is 31.5 Å². The molecule has 2 aromatic heterocycles. The maximum atomic E-state index is 9.92. The summed E-state index contributed by atoms with van der Waals surface area (Å²) in [7, 11) is 0. The molecule has 2 N–H and O–H groups in total. The van der Waals surface area contributed by atoms with E-state index in [4.69, 9.17) is 16.1 Å². The zero-order valence-corrected chi connectivity index (χ0v) is 15.8. The molecule has 0 aliphatic rings. The van der Waals surface area contributed by atoms with Gasteiger partial charge in [0.05, 0.1) is 34.6 Å². The van der Waals surface area contributed by atoms with Crippen LogP contribution in [-0.2, 0) is 13.2 Å². The Labute approximate surface area is 157 Å². The van der Waals surface area contributed by atoms with Crippen molar-refractivity contribution in [3.8, 4) is 22.6 Å². The van der Waals surface area contributed by atoms with Gasteiger partial charge in [-0.3, -0.25) is 4.68 Å². The standard InChI is InChI=1S/C19H22ClN3O3/c1-12-14(10-21-23(12)9-8-19(2,3)25)18-15(11-24)17(22-26-18)13-6-4-5-7-16(13)20/h4-7,10,24-25H,8-9,11H2,1-3H3. The van der Waals surface area contributed by atoms with Crippen LogP contribution in [0.15, 0.2) is 35.0 Å². The number of aromatic nitrogens is 3. The molecule has 6 nitrogen and oxygen atoms in total. The fourth-order valence-electron chi connectivity index (χ4n) is 2.81. The predicted octanol–water partition coefficient (Wildman–Crippen LogP) is 3.82. The van der Waals surface area contributed by atoms with E-state index in [0.717, 1.165) is 11.3 Å². The van der Waals surface area contributed by atoms with Crippen molar-refractivity contribution in [2.24, 2.45) is 0 Å². The van der Waals surface area contributed by atoms with E-state index in [9.17, 15) is 10.2 Å². The van der Waals surface area contributed by atoms with Crippen molar-refractivity contribution < 1.29 is 14.7 Å². The molecule has 138 valence electrons. The Morgan fingerprint density at radius 2 is 1.96 bits per heavy atom. The van der Waals surface area contributed by atoms with Crippen molar-refractivity contribution >= 4 is 11.6 Å². The molecule has 3 aromatic rings. The summed E-state index contributed by atoms with van der Waals surface area (Å²) in [6.45, 7) is 5.81. The molecule has 0 aliphatic heterocycles. The first kappa shape index (κ1) is 18.6. The van der Waals surface area contributed by atoms with Crippen LogP contribution in [0.2, 0.25) is 5.02 Å². The van der Waals surface area contributed by atoms with Crippen LogP contribution in [-0.4, -0.2) is 30.8 Å². The SMILES string of the molecule is Cc1c(-c2onc(-c3ccccc3Cl)c2CO)cnn1CCC(C)(C)O. The van der Waals surface area contributed by atoms with Gasteiger partial charge >= 0.3 is 0 Å². The highest BCUT2D eigenvalue weighted by Gasteiger charge is 2.23. The molecule has 2 heterocycles. The summed E-state index contributed by atoms with van der Waals surface area (Å²) < 4.78 is 7.36. The monoisotopic (exact) mass is 375 g/mol. The maximum Gasteiger partial charge on any atom is 0.176 e. The third kappa shape index (κ3) is 3.67. The molecule has 0 radical (unpaired) electrons. The molecular formula is C19H22ClN3O3. The number of benzene rings is 1. The Hall–Kier alpha value is -2.15. The van der Waals surface area contributed by atoms with E-state index in [1.165, 1.54) is 0 Å². The average Bonchev–Trinajstić information content (AvgIpc) is 3.15. The van der Waals surface area contributed by atoms with Crippen molar-refractivity contribution in [1.82, 2.24) is 14.9 Å². The highest BCUT2D eigenvalue weighted by molar-refractivity contribution is 6.33. The van der Waals surface area contributed by atoms with E-state index in [1.54, 1.807) is 26.1 Å². The lowest BCUT2D eigenvalue weighted by molar-refractivity contribution is 0.0649. The van der Waals surface area contributed by atoms with Crippen molar-refractivity contribution in [2.45, 2.75) is 45.9 Å². The van der Waals surface area contributed by atoms with Crippen molar-refractivity contribution in [1.29, 1.82) is 0 Å². The number of hydrogen-bond acceptors (Lipinski definition) is 5. The minimum absolute atomic E-state index is 0.228. The molecule has 0 spiro atoms. The minimum Gasteiger partial charge on any atom is -0.391 e. The van der Waals surface area contributed by atoms with Crippen LogP contribution in [0.25, 0.3) is 22.6 Å². The highest BCUT2D eigenvalue weighted by atomic mass is 35.5. The van der Waals surface area contributed by atoms with Crippen LogP contribution < -0.4 is 0 Å². The third-order valence-corrected chi connectivity index (χ3v) is 4.69. The van der Waals surface area contributed by atoms with Crippen molar-refractivity contribution in [2.75, 3.05) is 0 Å². The quantitative estimate of drug-likeness (QED) is 0.684. The molecule has 0 saturated carbocycles. The topological polar surface area (TPSA) is 84.3 Å². The van der Waals surface area contributed by atoms with Crippen LogP contribution >= 0.6 is 11.6 Å². The molecular weight excluding hydrogens is 354 g/mol. The first-order valence-corrected chi connectivity index (χ1v) is 8.79. The summed E-state index contributed by atoms with van der Waals surface area (Å²) in [6.07, 6.45) is 2.26. The average molecular weight is 376 g/mol. The molecule has 0 saturated heterocycles. The molecule has 0 fully saturated rings. The number of hydrogen-bond donors (Lipinski definition) is 2. The Morgan fingerprint density at radius 3 is 2.62 bits per heavy atom. The Kier molecular flexibility index (Phi) is 5.18. The Bertz CT molecular complexity index is 909. The minimum atomic E-state index is -0.766. The van der Waals surface area contributed by atoms with Gasteiger partial charge < -0.3 is 14.7 Å². The Morgan fingerprint density at radius 1 is 1.23 bits per heavy atom. The van der Waals surface area contributed by atoms with Gasteiger partial charge in [0, 0.05) is 17.8 Å².